The SMILES string of the molecule is Oc1ccc(O)c(CC(c2ccccc2)c2ccccc2)c1. The van der Waals surface area contributed by atoms with Gasteiger partial charge >= 0.3 is 0 Å². The van der Waals surface area contributed by atoms with Crippen LogP contribution in [-0.2, 0) is 6.42 Å². The topological polar surface area (TPSA) is 40.5 Å². The number of aromatic hydroxyl groups is 2. The molecule has 2 nitrogen and oxygen atoms in total. The van der Waals surface area contributed by atoms with Crippen molar-refractivity contribution in [1.29, 1.82) is 0 Å². The van der Waals surface area contributed by atoms with E-state index < -0.39 is 0 Å². The molecule has 0 aromatic heterocycles. The van der Waals surface area contributed by atoms with Gasteiger partial charge in [0, 0.05) is 5.92 Å². The lowest BCUT2D eigenvalue weighted by Gasteiger charge is -2.19. The van der Waals surface area contributed by atoms with Crippen molar-refractivity contribution >= 4 is 0 Å². The molecule has 110 valence electrons. The second-order valence-electron chi connectivity index (χ2n) is 5.39. The Morgan fingerprint density at radius 3 is 1.77 bits per heavy atom. The van der Waals surface area contributed by atoms with E-state index in [9.17, 15) is 10.2 Å². The molecule has 0 bridgehead atoms. The van der Waals surface area contributed by atoms with Crippen LogP contribution >= 0.6 is 0 Å². The maximum Gasteiger partial charge on any atom is 0.119 e. The predicted octanol–water partition coefficient (Wildman–Crippen LogP) is 4.47. The van der Waals surface area contributed by atoms with Gasteiger partial charge in [-0.15, -0.1) is 0 Å². The minimum Gasteiger partial charge on any atom is -0.508 e. The fraction of sp³-hybridized carbons (Fsp3) is 0.100. The monoisotopic (exact) mass is 290 g/mol. The lowest BCUT2D eigenvalue weighted by atomic mass is 9.86. The van der Waals surface area contributed by atoms with E-state index in [2.05, 4.69) is 24.3 Å². The molecule has 0 atom stereocenters. The van der Waals surface area contributed by atoms with Crippen molar-refractivity contribution in [1.82, 2.24) is 0 Å². The summed E-state index contributed by atoms with van der Waals surface area (Å²) < 4.78 is 0. The van der Waals surface area contributed by atoms with Gasteiger partial charge in [-0.3, -0.25) is 0 Å². The molecule has 3 aromatic carbocycles. The van der Waals surface area contributed by atoms with E-state index in [1.807, 2.05) is 36.4 Å². The molecule has 22 heavy (non-hydrogen) atoms. The van der Waals surface area contributed by atoms with Crippen LogP contribution in [0.15, 0.2) is 78.9 Å². The first-order valence-corrected chi connectivity index (χ1v) is 7.35. The molecule has 2 N–H and O–H groups in total. The van der Waals surface area contributed by atoms with Gasteiger partial charge < -0.3 is 10.2 Å². The van der Waals surface area contributed by atoms with Crippen molar-refractivity contribution < 1.29 is 10.2 Å². The minimum absolute atomic E-state index is 0.134. The van der Waals surface area contributed by atoms with Crippen LogP contribution in [0.4, 0.5) is 0 Å². The fourth-order valence-corrected chi connectivity index (χ4v) is 2.75. The standard InChI is InChI=1S/C20H18O2/c21-18-11-12-20(22)17(13-18)14-19(15-7-3-1-4-8-15)16-9-5-2-6-10-16/h1-13,19,21-22H,14H2. The lowest BCUT2D eigenvalue weighted by Crippen LogP contribution is -2.05. The van der Waals surface area contributed by atoms with Gasteiger partial charge in [-0.05, 0) is 41.3 Å². The van der Waals surface area contributed by atoms with Crippen LogP contribution in [0.3, 0.4) is 0 Å². The largest absolute Gasteiger partial charge is 0.508 e. The van der Waals surface area contributed by atoms with E-state index in [1.54, 1.807) is 6.07 Å². The number of phenolic OH excluding ortho intramolecular Hbond substituents is 2. The number of hydrogen-bond donors (Lipinski definition) is 2. The van der Waals surface area contributed by atoms with Crippen molar-refractivity contribution in [2.24, 2.45) is 0 Å². The first-order valence-electron chi connectivity index (χ1n) is 7.35. The van der Waals surface area contributed by atoms with Gasteiger partial charge in [0.2, 0.25) is 0 Å². The van der Waals surface area contributed by atoms with E-state index >= 15 is 0 Å². The van der Waals surface area contributed by atoms with Crippen LogP contribution < -0.4 is 0 Å². The van der Waals surface area contributed by atoms with Crippen LogP contribution in [0.25, 0.3) is 0 Å². The lowest BCUT2D eigenvalue weighted by molar-refractivity contribution is 0.453. The molecular formula is C20H18O2. The van der Waals surface area contributed by atoms with Crippen molar-refractivity contribution in [3.05, 3.63) is 95.6 Å². The maximum atomic E-state index is 10.1. The molecule has 0 saturated carbocycles. The van der Waals surface area contributed by atoms with Crippen molar-refractivity contribution in [3.63, 3.8) is 0 Å². The van der Waals surface area contributed by atoms with Crippen LogP contribution in [0.2, 0.25) is 0 Å². The predicted molar refractivity (Wildman–Crippen MR) is 88.2 cm³/mol. The molecule has 0 aliphatic carbocycles. The molecule has 3 aromatic rings. The zero-order chi connectivity index (χ0) is 15.4. The summed E-state index contributed by atoms with van der Waals surface area (Å²) in [6.07, 6.45) is 0.633. The highest BCUT2D eigenvalue weighted by Crippen LogP contribution is 2.32. The summed E-state index contributed by atoms with van der Waals surface area (Å²) in [5, 5.41) is 19.7. The summed E-state index contributed by atoms with van der Waals surface area (Å²) >= 11 is 0. The van der Waals surface area contributed by atoms with E-state index in [4.69, 9.17) is 0 Å². The van der Waals surface area contributed by atoms with Crippen molar-refractivity contribution in [2.45, 2.75) is 12.3 Å². The molecular weight excluding hydrogens is 272 g/mol. The van der Waals surface area contributed by atoms with Gasteiger partial charge in [-0.1, -0.05) is 60.7 Å². The smallest absolute Gasteiger partial charge is 0.119 e. The average molecular weight is 290 g/mol. The first-order chi connectivity index (χ1) is 10.7. The Bertz CT molecular complexity index is 697. The van der Waals surface area contributed by atoms with Gasteiger partial charge in [-0.2, -0.15) is 0 Å². The normalized spacial score (nSPS) is 10.8. The molecule has 0 fully saturated rings. The van der Waals surface area contributed by atoms with Crippen LogP contribution in [-0.4, -0.2) is 10.2 Å². The van der Waals surface area contributed by atoms with Crippen LogP contribution in [0.5, 0.6) is 11.5 Å². The molecule has 0 aliphatic rings. The Morgan fingerprint density at radius 2 is 1.23 bits per heavy atom. The molecule has 3 rings (SSSR count). The highest BCUT2D eigenvalue weighted by atomic mass is 16.3. The van der Waals surface area contributed by atoms with Crippen LogP contribution in [0.1, 0.15) is 22.6 Å². The number of hydrogen-bond acceptors (Lipinski definition) is 2. The second kappa shape index (κ2) is 6.35. The van der Waals surface area contributed by atoms with Gasteiger partial charge in [0.15, 0.2) is 0 Å². The molecule has 0 amide bonds. The molecule has 0 unspecified atom stereocenters. The van der Waals surface area contributed by atoms with E-state index in [1.165, 1.54) is 23.3 Å². The third-order valence-electron chi connectivity index (χ3n) is 3.89. The van der Waals surface area contributed by atoms with Crippen molar-refractivity contribution in [2.75, 3.05) is 0 Å². The Kier molecular flexibility index (Phi) is 4.10. The molecule has 0 saturated heterocycles. The Hall–Kier alpha value is -2.74. The quantitative estimate of drug-likeness (QED) is 0.696. The molecule has 0 heterocycles. The Balaban J connectivity index is 2.01. The van der Waals surface area contributed by atoms with Gasteiger partial charge in [0.1, 0.15) is 11.5 Å². The van der Waals surface area contributed by atoms with Crippen LogP contribution in [0, 0.1) is 0 Å². The zero-order valence-electron chi connectivity index (χ0n) is 12.2. The molecule has 2 heteroatoms. The number of benzene rings is 3. The summed E-state index contributed by atoms with van der Waals surface area (Å²) in [4.78, 5) is 0. The third kappa shape index (κ3) is 3.12. The minimum atomic E-state index is 0.134. The highest BCUT2D eigenvalue weighted by Gasteiger charge is 2.16. The Labute approximate surface area is 130 Å². The average Bonchev–Trinajstić information content (AvgIpc) is 2.57. The van der Waals surface area contributed by atoms with Gasteiger partial charge in [0.05, 0.1) is 0 Å². The van der Waals surface area contributed by atoms with Gasteiger partial charge in [-0.25, -0.2) is 0 Å². The highest BCUT2D eigenvalue weighted by molar-refractivity contribution is 5.42. The summed E-state index contributed by atoms with van der Waals surface area (Å²) in [5.41, 5.74) is 3.13. The third-order valence-corrected chi connectivity index (χ3v) is 3.89. The number of rotatable bonds is 4. The van der Waals surface area contributed by atoms with E-state index in [-0.39, 0.29) is 17.4 Å². The van der Waals surface area contributed by atoms with E-state index in [0.717, 1.165) is 5.56 Å². The Morgan fingerprint density at radius 1 is 0.682 bits per heavy atom. The summed E-state index contributed by atoms with van der Waals surface area (Å²) in [6.45, 7) is 0. The molecule has 0 spiro atoms. The second-order valence-corrected chi connectivity index (χ2v) is 5.39. The van der Waals surface area contributed by atoms with Gasteiger partial charge in [0.25, 0.3) is 0 Å². The summed E-state index contributed by atoms with van der Waals surface area (Å²) in [6, 6.07) is 25.1. The first kappa shape index (κ1) is 14.2. The summed E-state index contributed by atoms with van der Waals surface area (Å²) in [5.74, 6) is 0.525. The molecule has 0 radical (unpaired) electrons. The van der Waals surface area contributed by atoms with Crippen molar-refractivity contribution in [3.8, 4) is 11.5 Å². The fourth-order valence-electron chi connectivity index (χ4n) is 2.75. The maximum absolute atomic E-state index is 10.1. The number of phenols is 2. The zero-order valence-corrected chi connectivity index (χ0v) is 12.2. The summed E-state index contributed by atoms with van der Waals surface area (Å²) in [7, 11) is 0. The molecule has 0 aliphatic heterocycles. The van der Waals surface area contributed by atoms with E-state index in [0.29, 0.717) is 6.42 Å².